The quantitative estimate of drug-likeness (QED) is 0.678. The third-order valence-electron chi connectivity index (χ3n) is 2.37. The fraction of sp³-hybridized carbons (Fsp3) is 0. The number of pyridine rings is 1. The lowest BCUT2D eigenvalue weighted by molar-refractivity contribution is 0.666. The summed E-state index contributed by atoms with van der Waals surface area (Å²) in [7, 11) is 0. The minimum atomic E-state index is -0.127. The molecule has 0 fully saturated rings. The average molecular weight is 264 g/mol. The molecule has 1 N–H and O–H groups in total. The molecule has 3 aromatic rings. The second-order valence-electron chi connectivity index (χ2n) is 3.27. The Bertz CT molecular complexity index is 711. The minimum absolute atomic E-state index is 0.127. The molecular formula is C11H6BrNO2. The first kappa shape index (κ1) is 8.73. The molecule has 3 nitrogen and oxygen atoms in total. The SMILES string of the molecule is O=c1[nH]cc(Br)c2oc3ccccc3c12. The molecule has 3 rings (SSSR count). The van der Waals surface area contributed by atoms with Crippen LogP contribution in [0.5, 0.6) is 0 Å². The van der Waals surface area contributed by atoms with Gasteiger partial charge in [0.05, 0.1) is 9.86 Å². The van der Waals surface area contributed by atoms with Gasteiger partial charge in [0, 0.05) is 11.6 Å². The van der Waals surface area contributed by atoms with Crippen LogP contribution in [-0.2, 0) is 0 Å². The third kappa shape index (κ3) is 1.15. The molecule has 2 aromatic heterocycles. The lowest BCUT2D eigenvalue weighted by Gasteiger charge is -1.90. The predicted octanol–water partition coefficient (Wildman–Crippen LogP) is 3.04. The molecule has 0 saturated heterocycles. The molecule has 15 heavy (non-hydrogen) atoms. The van der Waals surface area contributed by atoms with Gasteiger partial charge in [-0.15, -0.1) is 0 Å². The highest BCUT2D eigenvalue weighted by atomic mass is 79.9. The van der Waals surface area contributed by atoms with Crippen LogP contribution < -0.4 is 5.56 Å². The van der Waals surface area contributed by atoms with Crippen LogP contribution in [0.15, 0.2) is 44.1 Å². The fourth-order valence-corrected chi connectivity index (χ4v) is 2.10. The molecule has 0 radical (unpaired) electrons. The number of rotatable bonds is 0. The van der Waals surface area contributed by atoms with Gasteiger partial charge in [-0.05, 0) is 22.0 Å². The van der Waals surface area contributed by atoms with Gasteiger partial charge in [-0.3, -0.25) is 4.79 Å². The van der Waals surface area contributed by atoms with E-state index >= 15 is 0 Å². The Balaban J connectivity index is 2.72. The number of para-hydroxylation sites is 1. The Labute approximate surface area is 92.8 Å². The fourth-order valence-electron chi connectivity index (χ4n) is 1.71. The van der Waals surface area contributed by atoms with Gasteiger partial charge >= 0.3 is 0 Å². The molecule has 0 aliphatic carbocycles. The van der Waals surface area contributed by atoms with Crippen molar-refractivity contribution in [3.8, 4) is 0 Å². The molecule has 0 atom stereocenters. The van der Waals surface area contributed by atoms with Gasteiger partial charge in [-0.25, -0.2) is 0 Å². The van der Waals surface area contributed by atoms with Crippen molar-refractivity contribution < 1.29 is 4.42 Å². The molecule has 4 heteroatoms. The van der Waals surface area contributed by atoms with Crippen molar-refractivity contribution in [3.63, 3.8) is 0 Å². The predicted molar refractivity (Wildman–Crippen MR) is 62.0 cm³/mol. The summed E-state index contributed by atoms with van der Waals surface area (Å²) in [6.45, 7) is 0. The third-order valence-corrected chi connectivity index (χ3v) is 2.96. The number of aromatic amines is 1. The van der Waals surface area contributed by atoms with Crippen LogP contribution in [0, 0.1) is 0 Å². The molecule has 1 aromatic carbocycles. The lowest BCUT2D eigenvalue weighted by Crippen LogP contribution is -2.03. The van der Waals surface area contributed by atoms with Crippen molar-refractivity contribution >= 4 is 37.9 Å². The first-order chi connectivity index (χ1) is 7.27. The first-order valence-corrected chi connectivity index (χ1v) is 5.25. The lowest BCUT2D eigenvalue weighted by atomic mass is 10.2. The van der Waals surface area contributed by atoms with Gasteiger partial charge in [-0.2, -0.15) is 0 Å². The van der Waals surface area contributed by atoms with E-state index in [-0.39, 0.29) is 5.56 Å². The second kappa shape index (κ2) is 2.97. The molecule has 0 spiro atoms. The number of furan rings is 1. The van der Waals surface area contributed by atoms with Gasteiger partial charge in [0.25, 0.3) is 5.56 Å². The zero-order chi connectivity index (χ0) is 10.4. The molecule has 74 valence electrons. The summed E-state index contributed by atoms with van der Waals surface area (Å²) in [4.78, 5) is 14.3. The second-order valence-corrected chi connectivity index (χ2v) is 4.12. The minimum Gasteiger partial charge on any atom is -0.455 e. The number of hydrogen-bond donors (Lipinski definition) is 1. The number of H-pyrrole nitrogens is 1. The smallest absolute Gasteiger partial charge is 0.259 e. The Kier molecular flexibility index (Phi) is 1.73. The van der Waals surface area contributed by atoms with E-state index in [1.165, 1.54) is 0 Å². The zero-order valence-electron chi connectivity index (χ0n) is 7.58. The van der Waals surface area contributed by atoms with Crippen LogP contribution in [0.1, 0.15) is 0 Å². The Morgan fingerprint density at radius 2 is 2.07 bits per heavy atom. The van der Waals surface area contributed by atoms with E-state index in [1.54, 1.807) is 6.20 Å². The van der Waals surface area contributed by atoms with Crippen molar-refractivity contribution in [3.05, 3.63) is 45.3 Å². The molecule has 0 amide bonds. The van der Waals surface area contributed by atoms with Gasteiger partial charge in [-0.1, -0.05) is 18.2 Å². The molecule has 0 bridgehead atoms. The normalized spacial score (nSPS) is 11.3. The van der Waals surface area contributed by atoms with Crippen LogP contribution in [0.4, 0.5) is 0 Å². The Hall–Kier alpha value is -1.55. The van der Waals surface area contributed by atoms with E-state index in [2.05, 4.69) is 20.9 Å². The van der Waals surface area contributed by atoms with Crippen molar-refractivity contribution in [2.75, 3.05) is 0 Å². The number of nitrogens with one attached hydrogen (secondary N) is 1. The highest BCUT2D eigenvalue weighted by Gasteiger charge is 2.11. The van der Waals surface area contributed by atoms with E-state index < -0.39 is 0 Å². The largest absolute Gasteiger partial charge is 0.455 e. The number of aromatic nitrogens is 1. The van der Waals surface area contributed by atoms with E-state index in [4.69, 9.17) is 4.42 Å². The van der Waals surface area contributed by atoms with E-state index in [1.807, 2.05) is 24.3 Å². The van der Waals surface area contributed by atoms with Crippen LogP contribution in [0.2, 0.25) is 0 Å². The Morgan fingerprint density at radius 1 is 1.27 bits per heavy atom. The average Bonchev–Trinajstić information content (AvgIpc) is 2.64. The van der Waals surface area contributed by atoms with Crippen LogP contribution in [0.25, 0.3) is 21.9 Å². The van der Waals surface area contributed by atoms with Crippen molar-refractivity contribution in [1.82, 2.24) is 4.98 Å². The molecular weight excluding hydrogens is 258 g/mol. The van der Waals surface area contributed by atoms with Gasteiger partial charge in [0.1, 0.15) is 5.58 Å². The number of fused-ring (bicyclic) bond motifs is 3. The highest BCUT2D eigenvalue weighted by Crippen LogP contribution is 2.29. The van der Waals surface area contributed by atoms with Gasteiger partial charge in [0.15, 0.2) is 5.58 Å². The van der Waals surface area contributed by atoms with E-state index in [0.717, 1.165) is 15.4 Å². The molecule has 0 saturated carbocycles. The maximum absolute atomic E-state index is 11.7. The first-order valence-electron chi connectivity index (χ1n) is 4.46. The van der Waals surface area contributed by atoms with Crippen LogP contribution in [0.3, 0.4) is 0 Å². The van der Waals surface area contributed by atoms with Gasteiger partial charge in [0.2, 0.25) is 0 Å². The maximum Gasteiger partial charge on any atom is 0.259 e. The number of benzene rings is 1. The summed E-state index contributed by atoms with van der Waals surface area (Å²) in [5.41, 5.74) is 1.20. The summed E-state index contributed by atoms with van der Waals surface area (Å²) in [6.07, 6.45) is 1.59. The number of hydrogen-bond acceptors (Lipinski definition) is 2. The summed E-state index contributed by atoms with van der Waals surface area (Å²) in [6, 6.07) is 7.49. The van der Waals surface area contributed by atoms with Gasteiger partial charge < -0.3 is 9.40 Å². The molecule has 2 heterocycles. The summed E-state index contributed by atoms with van der Waals surface area (Å²) in [5.74, 6) is 0. The Morgan fingerprint density at radius 3 is 2.93 bits per heavy atom. The van der Waals surface area contributed by atoms with E-state index in [9.17, 15) is 4.79 Å². The van der Waals surface area contributed by atoms with Crippen LogP contribution in [-0.4, -0.2) is 4.98 Å². The molecule has 0 aliphatic rings. The van der Waals surface area contributed by atoms with Crippen LogP contribution >= 0.6 is 15.9 Å². The van der Waals surface area contributed by atoms with Crippen molar-refractivity contribution in [2.24, 2.45) is 0 Å². The molecule has 0 unspecified atom stereocenters. The summed E-state index contributed by atoms with van der Waals surface area (Å²) in [5, 5.41) is 1.44. The zero-order valence-corrected chi connectivity index (χ0v) is 9.17. The maximum atomic E-state index is 11.7. The van der Waals surface area contributed by atoms with E-state index in [0.29, 0.717) is 11.0 Å². The summed E-state index contributed by atoms with van der Waals surface area (Å²) < 4.78 is 6.35. The molecule has 0 aliphatic heterocycles. The number of halogens is 1. The van der Waals surface area contributed by atoms with Crippen molar-refractivity contribution in [1.29, 1.82) is 0 Å². The standard InChI is InChI=1S/C11H6BrNO2/c12-7-5-13-11(14)9-6-3-1-2-4-8(6)15-10(7)9/h1-5H,(H,13,14). The topological polar surface area (TPSA) is 46.0 Å². The van der Waals surface area contributed by atoms with Crippen molar-refractivity contribution in [2.45, 2.75) is 0 Å². The monoisotopic (exact) mass is 263 g/mol. The summed E-state index contributed by atoms with van der Waals surface area (Å²) >= 11 is 3.35. The highest BCUT2D eigenvalue weighted by molar-refractivity contribution is 9.10.